The molecular formula is C13H17NO. The van der Waals surface area contributed by atoms with Crippen molar-refractivity contribution in [3.8, 4) is 0 Å². The minimum absolute atomic E-state index is 0.0268. The lowest BCUT2D eigenvalue weighted by Crippen LogP contribution is -2.20. The number of hydrogen-bond donors (Lipinski definition) is 1. The Morgan fingerprint density at radius 2 is 2.27 bits per heavy atom. The molecule has 0 fully saturated rings. The predicted molar refractivity (Wildman–Crippen MR) is 63.5 cm³/mol. The van der Waals surface area contributed by atoms with Gasteiger partial charge in [-0.05, 0) is 18.9 Å². The van der Waals surface area contributed by atoms with Gasteiger partial charge in [0.15, 0.2) is 0 Å². The molecule has 80 valence electrons. The van der Waals surface area contributed by atoms with Crippen LogP contribution < -0.4 is 5.32 Å². The van der Waals surface area contributed by atoms with Gasteiger partial charge in [0, 0.05) is 13.5 Å². The van der Waals surface area contributed by atoms with Crippen molar-refractivity contribution in [1.29, 1.82) is 0 Å². The van der Waals surface area contributed by atoms with Crippen LogP contribution in [-0.4, -0.2) is 12.5 Å². The lowest BCUT2D eigenvalue weighted by molar-refractivity contribution is -0.118. The molecule has 0 aromatic heterocycles. The number of aryl methyl sites for hydroxylation is 1. The maximum absolute atomic E-state index is 10.6. The third-order valence-electron chi connectivity index (χ3n) is 2.04. The molecule has 1 N–H and O–H groups in total. The van der Waals surface area contributed by atoms with Gasteiger partial charge in [0.2, 0.25) is 5.91 Å². The molecular weight excluding hydrogens is 186 g/mol. The van der Waals surface area contributed by atoms with Crippen LogP contribution in [0.3, 0.4) is 0 Å². The van der Waals surface area contributed by atoms with Crippen molar-refractivity contribution in [2.24, 2.45) is 0 Å². The number of nitrogens with one attached hydrogen (secondary N) is 1. The highest BCUT2D eigenvalue weighted by Gasteiger charge is 1.88. The first kappa shape index (κ1) is 11.5. The number of amides is 1. The second-order valence-corrected chi connectivity index (χ2v) is 3.59. The van der Waals surface area contributed by atoms with Gasteiger partial charge in [-0.15, -0.1) is 0 Å². The summed E-state index contributed by atoms with van der Waals surface area (Å²) in [5, 5.41) is 2.75. The Labute approximate surface area is 91.0 Å². The molecule has 1 amide bonds. The van der Waals surface area contributed by atoms with E-state index in [9.17, 15) is 4.79 Å². The van der Waals surface area contributed by atoms with E-state index in [-0.39, 0.29) is 5.91 Å². The molecule has 0 spiro atoms. The lowest BCUT2D eigenvalue weighted by atomic mass is 10.1. The molecule has 0 unspecified atom stereocenters. The Morgan fingerprint density at radius 1 is 1.47 bits per heavy atom. The molecule has 0 saturated heterocycles. The Kier molecular flexibility index (Phi) is 4.61. The highest BCUT2D eigenvalue weighted by atomic mass is 16.1. The van der Waals surface area contributed by atoms with Crippen molar-refractivity contribution in [3.05, 3.63) is 41.5 Å². The van der Waals surface area contributed by atoms with Crippen LogP contribution in [0.1, 0.15) is 24.5 Å². The maximum atomic E-state index is 10.6. The van der Waals surface area contributed by atoms with Crippen LogP contribution in [0.2, 0.25) is 0 Å². The second-order valence-electron chi connectivity index (χ2n) is 3.59. The molecule has 1 aromatic rings. The summed E-state index contributed by atoms with van der Waals surface area (Å²) in [5.41, 5.74) is 2.47. The molecule has 2 heteroatoms. The van der Waals surface area contributed by atoms with Crippen molar-refractivity contribution >= 4 is 12.0 Å². The number of rotatable bonds is 4. The van der Waals surface area contributed by atoms with Crippen LogP contribution in [0.5, 0.6) is 0 Å². The summed E-state index contributed by atoms with van der Waals surface area (Å²) < 4.78 is 0. The highest BCUT2D eigenvalue weighted by Crippen LogP contribution is 2.05. The fraction of sp³-hybridized carbons (Fsp3) is 0.308. The Hall–Kier alpha value is -1.57. The molecule has 1 rings (SSSR count). The van der Waals surface area contributed by atoms with E-state index < -0.39 is 0 Å². The quantitative estimate of drug-likeness (QED) is 0.748. The van der Waals surface area contributed by atoms with Crippen molar-refractivity contribution < 1.29 is 4.79 Å². The largest absolute Gasteiger partial charge is 0.356 e. The molecule has 1 aromatic carbocycles. The fourth-order valence-corrected chi connectivity index (χ4v) is 1.32. The summed E-state index contributed by atoms with van der Waals surface area (Å²) in [4.78, 5) is 10.6. The summed E-state index contributed by atoms with van der Waals surface area (Å²) in [6.07, 6.45) is 5.02. The first-order valence-corrected chi connectivity index (χ1v) is 5.16. The number of hydrogen-bond acceptors (Lipinski definition) is 1. The molecule has 0 saturated carbocycles. The van der Waals surface area contributed by atoms with Crippen LogP contribution in [0.25, 0.3) is 6.08 Å². The third kappa shape index (κ3) is 5.01. The number of benzene rings is 1. The van der Waals surface area contributed by atoms with Gasteiger partial charge in [-0.3, -0.25) is 4.79 Å². The van der Waals surface area contributed by atoms with Crippen molar-refractivity contribution in [1.82, 2.24) is 5.32 Å². The smallest absolute Gasteiger partial charge is 0.216 e. The van der Waals surface area contributed by atoms with Crippen LogP contribution >= 0.6 is 0 Å². The first-order chi connectivity index (χ1) is 7.18. The zero-order valence-corrected chi connectivity index (χ0v) is 9.29. The first-order valence-electron chi connectivity index (χ1n) is 5.16. The van der Waals surface area contributed by atoms with Crippen molar-refractivity contribution in [2.45, 2.75) is 20.3 Å². The van der Waals surface area contributed by atoms with E-state index in [2.05, 4.69) is 42.6 Å². The van der Waals surface area contributed by atoms with Crippen LogP contribution in [-0.2, 0) is 4.79 Å². The molecule has 0 heterocycles. The second kappa shape index (κ2) is 6.02. The summed E-state index contributed by atoms with van der Waals surface area (Å²) >= 11 is 0. The molecule has 0 aliphatic heterocycles. The lowest BCUT2D eigenvalue weighted by Gasteiger charge is -1.97. The molecule has 0 aliphatic rings. The van der Waals surface area contributed by atoms with Crippen molar-refractivity contribution in [3.63, 3.8) is 0 Å². The normalized spacial score (nSPS) is 10.5. The topological polar surface area (TPSA) is 29.1 Å². The Morgan fingerprint density at radius 3 is 2.93 bits per heavy atom. The molecule has 0 atom stereocenters. The molecule has 2 nitrogen and oxygen atoms in total. The van der Waals surface area contributed by atoms with E-state index in [0.717, 1.165) is 6.42 Å². The van der Waals surface area contributed by atoms with Crippen LogP contribution in [0.15, 0.2) is 30.3 Å². The van der Waals surface area contributed by atoms with E-state index >= 15 is 0 Å². The average Bonchev–Trinajstić information content (AvgIpc) is 2.17. The Bertz CT molecular complexity index is 355. The minimum atomic E-state index is 0.0268. The maximum Gasteiger partial charge on any atom is 0.216 e. The van der Waals surface area contributed by atoms with E-state index in [1.807, 2.05) is 6.07 Å². The summed E-state index contributed by atoms with van der Waals surface area (Å²) in [7, 11) is 0. The van der Waals surface area contributed by atoms with Crippen LogP contribution in [0.4, 0.5) is 0 Å². The zero-order valence-electron chi connectivity index (χ0n) is 9.29. The standard InChI is InChI=1S/C13H17NO/c1-11-6-5-8-13(10-11)7-3-4-9-14-12(2)15/h3,5-8,10H,4,9H2,1-2H3,(H,14,15). The van der Waals surface area contributed by atoms with Crippen molar-refractivity contribution in [2.75, 3.05) is 6.54 Å². The average molecular weight is 203 g/mol. The molecule has 0 radical (unpaired) electrons. The van der Waals surface area contributed by atoms with Gasteiger partial charge in [-0.1, -0.05) is 42.0 Å². The van der Waals surface area contributed by atoms with E-state index in [1.165, 1.54) is 18.1 Å². The van der Waals surface area contributed by atoms with Gasteiger partial charge < -0.3 is 5.32 Å². The zero-order chi connectivity index (χ0) is 11.1. The summed E-state index contributed by atoms with van der Waals surface area (Å²) in [6, 6.07) is 8.33. The van der Waals surface area contributed by atoms with E-state index in [1.54, 1.807) is 0 Å². The third-order valence-corrected chi connectivity index (χ3v) is 2.04. The van der Waals surface area contributed by atoms with E-state index in [0.29, 0.717) is 6.54 Å². The minimum Gasteiger partial charge on any atom is -0.356 e. The number of carbonyl (C=O) groups is 1. The Balaban J connectivity index is 2.35. The molecule has 15 heavy (non-hydrogen) atoms. The highest BCUT2D eigenvalue weighted by molar-refractivity contribution is 5.72. The van der Waals surface area contributed by atoms with Gasteiger partial charge in [-0.25, -0.2) is 0 Å². The SMILES string of the molecule is CC(=O)NCCC=Cc1cccc(C)c1. The molecule has 0 bridgehead atoms. The summed E-state index contributed by atoms with van der Waals surface area (Å²) in [5.74, 6) is 0.0268. The molecule has 0 aliphatic carbocycles. The fourth-order valence-electron chi connectivity index (χ4n) is 1.32. The van der Waals surface area contributed by atoms with Gasteiger partial charge in [0.1, 0.15) is 0 Å². The van der Waals surface area contributed by atoms with E-state index in [4.69, 9.17) is 0 Å². The van der Waals surface area contributed by atoms with Gasteiger partial charge >= 0.3 is 0 Å². The predicted octanol–water partition coefficient (Wildman–Crippen LogP) is 2.53. The van der Waals surface area contributed by atoms with Gasteiger partial charge in [0.05, 0.1) is 0 Å². The monoisotopic (exact) mass is 203 g/mol. The number of carbonyl (C=O) groups excluding carboxylic acids is 1. The van der Waals surface area contributed by atoms with Crippen LogP contribution in [0, 0.1) is 6.92 Å². The van der Waals surface area contributed by atoms with Gasteiger partial charge in [-0.2, -0.15) is 0 Å². The summed E-state index contributed by atoms with van der Waals surface area (Å²) in [6.45, 7) is 4.32. The van der Waals surface area contributed by atoms with Gasteiger partial charge in [0.25, 0.3) is 0 Å².